The van der Waals surface area contributed by atoms with E-state index in [2.05, 4.69) is 10.3 Å². The average Bonchev–Trinajstić information content (AvgIpc) is 2.64. The van der Waals surface area contributed by atoms with Crippen LogP contribution in [-0.2, 0) is 4.74 Å². The molecular formula is C17H16ClF4N3O. The van der Waals surface area contributed by atoms with Gasteiger partial charge in [0, 0.05) is 24.7 Å². The van der Waals surface area contributed by atoms with E-state index in [1.54, 1.807) is 18.2 Å². The highest BCUT2D eigenvalue weighted by molar-refractivity contribution is 6.30. The van der Waals surface area contributed by atoms with Gasteiger partial charge in [-0.3, -0.25) is 4.90 Å². The number of hydrogen-bond acceptors (Lipinski definition) is 4. The van der Waals surface area contributed by atoms with Crippen LogP contribution in [0.2, 0.25) is 5.02 Å². The van der Waals surface area contributed by atoms with Gasteiger partial charge in [-0.2, -0.15) is 22.5 Å². The van der Waals surface area contributed by atoms with Crippen molar-refractivity contribution in [1.29, 1.82) is 0 Å². The van der Waals surface area contributed by atoms with Crippen molar-refractivity contribution < 1.29 is 22.3 Å². The maximum absolute atomic E-state index is 13.8. The fourth-order valence-corrected chi connectivity index (χ4v) is 3.10. The van der Waals surface area contributed by atoms with E-state index in [4.69, 9.17) is 16.3 Å². The highest BCUT2D eigenvalue weighted by Gasteiger charge is 2.26. The minimum atomic E-state index is -1.70. The molecule has 1 fully saturated rings. The van der Waals surface area contributed by atoms with Gasteiger partial charge in [0.25, 0.3) is 11.9 Å². The molecule has 1 N–H and O–H groups in total. The summed E-state index contributed by atoms with van der Waals surface area (Å²) in [6.45, 7) is 2.24. The summed E-state index contributed by atoms with van der Waals surface area (Å²) >= 11 is 6.05. The molecule has 0 aliphatic carbocycles. The first-order chi connectivity index (χ1) is 12.5. The summed E-state index contributed by atoms with van der Waals surface area (Å²) < 4.78 is 59.6. The first kappa shape index (κ1) is 18.9. The predicted molar refractivity (Wildman–Crippen MR) is 89.1 cm³/mol. The molecule has 3 rings (SSSR count). The van der Waals surface area contributed by atoms with Crippen LogP contribution < -0.4 is 5.32 Å². The van der Waals surface area contributed by atoms with Gasteiger partial charge in [-0.25, -0.2) is 0 Å². The standard InChI is InChI=1S/C17H16ClF4N3O/c18-11-3-1-2-10(8-11)12(25-4-6-26-7-5-25)9-23-15-13(19)16(21)24-17(22)14(15)20/h1-3,8,12H,4-7,9H2,(H,23,24). The molecular weight excluding hydrogens is 374 g/mol. The highest BCUT2D eigenvalue weighted by atomic mass is 35.5. The number of pyridine rings is 1. The Hall–Kier alpha value is -1.90. The summed E-state index contributed by atoms with van der Waals surface area (Å²) in [6.07, 6.45) is 0. The van der Waals surface area contributed by atoms with Gasteiger partial charge in [-0.1, -0.05) is 23.7 Å². The predicted octanol–water partition coefficient (Wildman–Crippen LogP) is 3.78. The molecule has 0 bridgehead atoms. The molecule has 0 amide bonds. The zero-order valence-corrected chi connectivity index (χ0v) is 14.4. The molecule has 1 aromatic carbocycles. The quantitative estimate of drug-likeness (QED) is 0.624. The first-order valence-corrected chi connectivity index (χ1v) is 8.36. The number of hydrogen-bond donors (Lipinski definition) is 1. The molecule has 1 aliphatic rings. The molecule has 2 aromatic rings. The molecule has 1 saturated heterocycles. The van der Waals surface area contributed by atoms with Crippen molar-refractivity contribution in [2.24, 2.45) is 0 Å². The van der Waals surface area contributed by atoms with E-state index in [1.165, 1.54) is 0 Å². The third-order valence-electron chi connectivity index (χ3n) is 4.19. The van der Waals surface area contributed by atoms with Gasteiger partial charge in [0.2, 0.25) is 11.6 Å². The van der Waals surface area contributed by atoms with Crippen molar-refractivity contribution in [2.75, 3.05) is 38.2 Å². The molecule has 9 heteroatoms. The Labute approximate surface area is 152 Å². The lowest BCUT2D eigenvalue weighted by atomic mass is 10.0. The van der Waals surface area contributed by atoms with Crippen molar-refractivity contribution in [1.82, 2.24) is 9.88 Å². The second kappa shape index (κ2) is 8.20. The van der Waals surface area contributed by atoms with Gasteiger partial charge in [0.15, 0.2) is 0 Å². The Morgan fingerprint density at radius 1 is 1.12 bits per heavy atom. The topological polar surface area (TPSA) is 37.4 Å². The molecule has 140 valence electrons. The first-order valence-electron chi connectivity index (χ1n) is 7.98. The fourth-order valence-electron chi connectivity index (χ4n) is 2.90. The molecule has 26 heavy (non-hydrogen) atoms. The maximum atomic E-state index is 13.8. The lowest BCUT2D eigenvalue weighted by Gasteiger charge is -2.35. The minimum Gasteiger partial charge on any atom is -0.379 e. The zero-order chi connectivity index (χ0) is 18.7. The average molecular weight is 390 g/mol. The van der Waals surface area contributed by atoms with Gasteiger partial charge in [0.05, 0.1) is 19.3 Å². The summed E-state index contributed by atoms with van der Waals surface area (Å²) in [4.78, 5) is 4.60. The van der Waals surface area contributed by atoms with E-state index in [1.807, 2.05) is 11.0 Å². The van der Waals surface area contributed by atoms with Crippen molar-refractivity contribution in [3.05, 3.63) is 58.4 Å². The number of halogens is 5. The third-order valence-corrected chi connectivity index (χ3v) is 4.42. The van der Waals surface area contributed by atoms with Gasteiger partial charge in [-0.05, 0) is 17.7 Å². The Balaban J connectivity index is 1.87. The van der Waals surface area contributed by atoms with E-state index in [9.17, 15) is 17.6 Å². The molecule has 2 heterocycles. The second-order valence-electron chi connectivity index (χ2n) is 5.80. The number of anilines is 1. The number of nitrogens with one attached hydrogen (secondary N) is 1. The van der Waals surface area contributed by atoms with E-state index in [0.29, 0.717) is 31.3 Å². The van der Waals surface area contributed by atoms with Crippen molar-refractivity contribution in [3.63, 3.8) is 0 Å². The van der Waals surface area contributed by atoms with Crippen LogP contribution in [0.3, 0.4) is 0 Å². The number of benzene rings is 1. The lowest BCUT2D eigenvalue weighted by molar-refractivity contribution is 0.0187. The van der Waals surface area contributed by atoms with Gasteiger partial charge >= 0.3 is 0 Å². The molecule has 1 atom stereocenters. The molecule has 1 aliphatic heterocycles. The molecule has 0 spiro atoms. The molecule has 0 radical (unpaired) electrons. The SMILES string of the molecule is Fc1nc(F)c(F)c(NCC(c2cccc(Cl)c2)N2CCOCC2)c1F. The van der Waals surface area contributed by atoms with E-state index < -0.39 is 29.2 Å². The number of nitrogens with zero attached hydrogens (tertiary/aromatic N) is 2. The van der Waals surface area contributed by atoms with E-state index in [-0.39, 0.29) is 12.6 Å². The van der Waals surface area contributed by atoms with Crippen LogP contribution in [0.5, 0.6) is 0 Å². The summed E-state index contributed by atoms with van der Waals surface area (Å²) in [7, 11) is 0. The van der Waals surface area contributed by atoms with Crippen LogP contribution in [-0.4, -0.2) is 42.7 Å². The van der Waals surface area contributed by atoms with Crippen LogP contribution in [0, 0.1) is 23.5 Å². The minimum absolute atomic E-state index is 0.0110. The number of morpholine rings is 1. The van der Waals surface area contributed by atoms with Gasteiger partial charge in [-0.15, -0.1) is 0 Å². The van der Waals surface area contributed by atoms with E-state index >= 15 is 0 Å². The second-order valence-corrected chi connectivity index (χ2v) is 6.23. The Morgan fingerprint density at radius 3 is 2.38 bits per heavy atom. The van der Waals surface area contributed by atoms with Crippen LogP contribution in [0.15, 0.2) is 24.3 Å². The Morgan fingerprint density at radius 2 is 1.77 bits per heavy atom. The van der Waals surface area contributed by atoms with Crippen LogP contribution in [0.1, 0.15) is 11.6 Å². The van der Waals surface area contributed by atoms with Gasteiger partial charge in [0.1, 0.15) is 5.69 Å². The number of rotatable bonds is 5. The molecule has 0 saturated carbocycles. The summed E-state index contributed by atoms with van der Waals surface area (Å²) in [6, 6.07) is 6.72. The summed E-state index contributed by atoms with van der Waals surface area (Å²) in [5, 5.41) is 3.00. The maximum Gasteiger partial charge on any atom is 0.253 e. The third kappa shape index (κ3) is 4.08. The fraction of sp³-hybridized carbons (Fsp3) is 0.353. The Bertz CT molecular complexity index is 761. The monoisotopic (exact) mass is 389 g/mol. The number of aromatic nitrogens is 1. The largest absolute Gasteiger partial charge is 0.379 e. The van der Waals surface area contributed by atoms with Crippen LogP contribution >= 0.6 is 11.6 Å². The van der Waals surface area contributed by atoms with Gasteiger partial charge < -0.3 is 10.1 Å². The van der Waals surface area contributed by atoms with Crippen molar-refractivity contribution in [2.45, 2.75) is 6.04 Å². The van der Waals surface area contributed by atoms with Crippen LogP contribution in [0.25, 0.3) is 0 Å². The summed E-state index contributed by atoms with van der Waals surface area (Å²) in [5.41, 5.74) is -0.0713. The normalized spacial score (nSPS) is 16.5. The molecule has 1 aromatic heterocycles. The Kier molecular flexibility index (Phi) is 5.95. The van der Waals surface area contributed by atoms with Crippen LogP contribution in [0.4, 0.5) is 23.2 Å². The summed E-state index contributed by atoms with van der Waals surface area (Å²) in [5.74, 6) is -6.51. The molecule has 1 unspecified atom stereocenters. The van der Waals surface area contributed by atoms with E-state index in [0.717, 1.165) is 5.56 Å². The molecule has 4 nitrogen and oxygen atoms in total. The van der Waals surface area contributed by atoms with Crippen molar-refractivity contribution >= 4 is 17.3 Å². The smallest absolute Gasteiger partial charge is 0.253 e. The highest BCUT2D eigenvalue weighted by Crippen LogP contribution is 2.27. The number of ether oxygens (including phenoxy) is 1. The zero-order valence-electron chi connectivity index (χ0n) is 13.6. The van der Waals surface area contributed by atoms with Crippen molar-refractivity contribution in [3.8, 4) is 0 Å². The lowest BCUT2D eigenvalue weighted by Crippen LogP contribution is -2.41.